The van der Waals surface area contributed by atoms with Gasteiger partial charge in [0.1, 0.15) is 11.3 Å². The van der Waals surface area contributed by atoms with E-state index in [1.807, 2.05) is 10.8 Å². The molecular weight excluding hydrogens is 480 g/mol. The smallest absolute Gasteiger partial charge is 0.288 e. The molecule has 1 aliphatic heterocycles. The summed E-state index contributed by atoms with van der Waals surface area (Å²) in [5.41, 5.74) is 7.57. The highest BCUT2D eigenvalue weighted by atomic mass is 19.1. The lowest BCUT2D eigenvalue weighted by molar-refractivity contribution is -0.131. The van der Waals surface area contributed by atoms with E-state index in [1.165, 1.54) is 6.07 Å². The van der Waals surface area contributed by atoms with Crippen LogP contribution in [0.1, 0.15) is 25.3 Å². The number of nitrogens with two attached hydrogens (primary N) is 1. The number of nitrogens with zero attached hydrogens (tertiary/aromatic N) is 3. The van der Waals surface area contributed by atoms with Gasteiger partial charge in [-0.3, -0.25) is 9.59 Å². The molecule has 4 aromatic rings. The Kier molecular flexibility index (Phi) is 6.47. The minimum Gasteiger partial charge on any atom is -0.451 e. The first kappa shape index (κ1) is 24.2. The summed E-state index contributed by atoms with van der Waals surface area (Å²) in [6, 6.07) is 9.96. The van der Waals surface area contributed by atoms with Crippen molar-refractivity contribution in [2.45, 2.75) is 25.3 Å². The van der Waals surface area contributed by atoms with Crippen molar-refractivity contribution in [2.75, 3.05) is 18.8 Å². The van der Waals surface area contributed by atoms with E-state index in [4.69, 9.17) is 10.5 Å². The van der Waals surface area contributed by atoms with E-state index in [1.54, 1.807) is 35.2 Å². The molecule has 2 aromatic carbocycles. The number of amides is 1. The van der Waals surface area contributed by atoms with Gasteiger partial charge in [-0.05, 0) is 42.7 Å². The van der Waals surface area contributed by atoms with E-state index < -0.39 is 17.4 Å². The van der Waals surface area contributed by atoms with Crippen molar-refractivity contribution in [2.24, 2.45) is 0 Å². The molecular formula is C27H25F2N5O3. The number of hydrogen-bond acceptors (Lipinski definition) is 5. The Morgan fingerprint density at radius 1 is 1.22 bits per heavy atom. The topological polar surface area (TPSA) is 106 Å². The Bertz CT molecular complexity index is 1520. The van der Waals surface area contributed by atoms with Gasteiger partial charge in [-0.15, -0.1) is 6.58 Å². The number of para-hydroxylation sites is 1. The molecule has 5 rings (SSSR count). The average molecular weight is 506 g/mol. The fourth-order valence-electron chi connectivity index (χ4n) is 4.80. The zero-order valence-electron chi connectivity index (χ0n) is 19.9. The molecule has 1 fully saturated rings. The molecule has 37 heavy (non-hydrogen) atoms. The van der Waals surface area contributed by atoms with Crippen molar-refractivity contribution < 1.29 is 18.3 Å². The Hall–Kier alpha value is -4.47. The molecule has 0 spiro atoms. The number of anilines is 1. The van der Waals surface area contributed by atoms with Crippen LogP contribution in [0.2, 0.25) is 0 Å². The van der Waals surface area contributed by atoms with Crippen LogP contribution in [0.4, 0.5) is 14.6 Å². The minimum absolute atomic E-state index is 0.00615. The number of nitrogen functional groups attached to an aromatic ring is 1. The van der Waals surface area contributed by atoms with Crippen LogP contribution in [-0.4, -0.2) is 38.7 Å². The first-order valence-electron chi connectivity index (χ1n) is 11.9. The Morgan fingerprint density at radius 3 is 2.65 bits per heavy atom. The van der Waals surface area contributed by atoms with Gasteiger partial charge in [-0.2, -0.15) is 5.10 Å². The van der Waals surface area contributed by atoms with Crippen LogP contribution in [0.15, 0.2) is 66.1 Å². The third-order valence-electron chi connectivity index (χ3n) is 6.55. The summed E-state index contributed by atoms with van der Waals surface area (Å²) in [4.78, 5) is 27.2. The van der Waals surface area contributed by atoms with Gasteiger partial charge in [0, 0.05) is 31.3 Å². The number of ether oxygens (including phenoxy) is 1. The number of nitrogens with one attached hydrogen (secondary N) is 1. The predicted octanol–water partition coefficient (Wildman–Crippen LogP) is 4.78. The molecule has 0 saturated carbocycles. The second-order valence-electron chi connectivity index (χ2n) is 8.92. The number of rotatable bonds is 6. The van der Waals surface area contributed by atoms with Gasteiger partial charge in [-0.25, -0.2) is 13.9 Å². The number of hydrogen-bond donors (Lipinski definition) is 2. The molecule has 0 radical (unpaired) electrons. The number of fused-ring (bicyclic) bond motifs is 1. The largest absolute Gasteiger partial charge is 0.451 e. The lowest BCUT2D eigenvalue weighted by Crippen LogP contribution is -2.40. The molecule has 1 atom stereocenters. The molecule has 8 nitrogen and oxygen atoms in total. The zero-order chi connectivity index (χ0) is 26.1. The van der Waals surface area contributed by atoms with Gasteiger partial charge in [0.15, 0.2) is 23.2 Å². The summed E-state index contributed by atoms with van der Waals surface area (Å²) >= 11 is 0. The number of halogens is 2. The van der Waals surface area contributed by atoms with Crippen molar-refractivity contribution in [3.8, 4) is 22.6 Å². The van der Waals surface area contributed by atoms with Gasteiger partial charge >= 0.3 is 0 Å². The summed E-state index contributed by atoms with van der Waals surface area (Å²) in [7, 11) is 0. The minimum atomic E-state index is -0.807. The predicted molar refractivity (Wildman–Crippen MR) is 136 cm³/mol. The van der Waals surface area contributed by atoms with Gasteiger partial charge < -0.3 is 19.9 Å². The summed E-state index contributed by atoms with van der Waals surface area (Å²) in [5.74, 6) is -1.71. The number of benzene rings is 2. The first-order valence-corrected chi connectivity index (χ1v) is 11.9. The second-order valence-corrected chi connectivity index (χ2v) is 8.92. The number of H-pyrrole nitrogens is 1. The van der Waals surface area contributed by atoms with E-state index in [0.29, 0.717) is 35.1 Å². The van der Waals surface area contributed by atoms with Crippen LogP contribution < -0.4 is 16.0 Å². The Labute approximate surface area is 211 Å². The maximum atomic E-state index is 14.0. The molecule has 1 saturated heterocycles. The zero-order valence-corrected chi connectivity index (χ0v) is 19.9. The standard InChI is InChI=1S/C27H25F2N5O3/c1-2-5-22(35)33-13-4-6-17(14-33)34-15-19(23-24(34)27(36)32-31-26(23)30)16-9-11-18(12-10-16)37-25-20(28)7-3-8-21(25)29/h2-3,7-12,15,17H,1,4-6,13-14H2,(H2,30,31)(H,32,36). The quantitative estimate of drug-likeness (QED) is 0.367. The number of aromatic nitrogens is 3. The first-order chi connectivity index (χ1) is 17.9. The van der Waals surface area contributed by atoms with Crippen LogP contribution in [-0.2, 0) is 4.79 Å². The van der Waals surface area contributed by atoms with Gasteiger partial charge in [-0.1, -0.05) is 24.3 Å². The third-order valence-corrected chi connectivity index (χ3v) is 6.55. The summed E-state index contributed by atoms with van der Waals surface area (Å²) in [5, 5.41) is 6.90. The normalized spacial score (nSPS) is 15.6. The van der Waals surface area contributed by atoms with Crippen LogP contribution in [0.3, 0.4) is 0 Å². The molecule has 3 heterocycles. The van der Waals surface area contributed by atoms with Crippen molar-refractivity contribution in [1.29, 1.82) is 0 Å². The van der Waals surface area contributed by atoms with Gasteiger partial charge in [0.2, 0.25) is 5.91 Å². The van der Waals surface area contributed by atoms with Gasteiger partial charge in [0.05, 0.1) is 11.4 Å². The number of piperidine rings is 1. The lowest BCUT2D eigenvalue weighted by Gasteiger charge is -2.33. The highest BCUT2D eigenvalue weighted by molar-refractivity contribution is 6.02. The summed E-state index contributed by atoms with van der Waals surface area (Å²) < 4.78 is 35.3. The summed E-state index contributed by atoms with van der Waals surface area (Å²) in [6.45, 7) is 4.75. The monoisotopic (exact) mass is 505 g/mol. The Morgan fingerprint density at radius 2 is 1.95 bits per heavy atom. The molecule has 1 unspecified atom stereocenters. The average Bonchev–Trinajstić information content (AvgIpc) is 3.31. The molecule has 2 aromatic heterocycles. The third kappa shape index (κ3) is 4.57. The maximum Gasteiger partial charge on any atom is 0.288 e. The van der Waals surface area contributed by atoms with E-state index in [9.17, 15) is 18.4 Å². The van der Waals surface area contributed by atoms with Crippen molar-refractivity contribution in [3.63, 3.8) is 0 Å². The number of carbonyl (C=O) groups is 1. The van der Waals surface area contributed by atoms with Gasteiger partial charge in [0.25, 0.3) is 5.56 Å². The lowest BCUT2D eigenvalue weighted by atomic mass is 10.0. The highest BCUT2D eigenvalue weighted by Gasteiger charge is 2.28. The van der Waals surface area contributed by atoms with Crippen LogP contribution >= 0.6 is 0 Å². The second kappa shape index (κ2) is 9.88. The fraction of sp³-hybridized carbons (Fsp3) is 0.222. The van der Waals surface area contributed by atoms with Crippen LogP contribution in [0.5, 0.6) is 11.5 Å². The molecule has 0 bridgehead atoms. The summed E-state index contributed by atoms with van der Waals surface area (Å²) in [6.07, 6.45) is 5.26. The SMILES string of the molecule is C=CCC(=O)N1CCCC(n2cc(-c3ccc(Oc4c(F)cccc4F)cc3)c3c(N)n[nH]c(=O)c32)C1. The Balaban J connectivity index is 1.52. The number of aromatic amines is 1. The molecule has 0 aliphatic carbocycles. The molecule has 1 aliphatic rings. The van der Waals surface area contributed by atoms with Crippen LogP contribution in [0.25, 0.3) is 22.0 Å². The van der Waals surface area contributed by atoms with E-state index in [0.717, 1.165) is 25.0 Å². The maximum absolute atomic E-state index is 14.0. The molecule has 190 valence electrons. The van der Waals surface area contributed by atoms with Crippen molar-refractivity contribution in [3.05, 3.63) is 83.3 Å². The van der Waals surface area contributed by atoms with E-state index in [-0.39, 0.29) is 35.5 Å². The number of carbonyl (C=O) groups excluding carboxylic acids is 1. The fourth-order valence-corrected chi connectivity index (χ4v) is 4.80. The van der Waals surface area contributed by atoms with Crippen LogP contribution in [0, 0.1) is 11.6 Å². The number of likely N-dealkylation sites (tertiary alicyclic amines) is 1. The molecule has 10 heteroatoms. The van der Waals surface area contributed by atoms with E-state index in [2.05, 4.69) is 16.8 Å². The molecule has 1 amide bonds. The molecule has 3 N–H and O–H groups in total. The highest BCUT2D eigenvalue weighted by Crippen LogP contribution is 2.37. The van der Waals surface area contributed by atoms with E-state index >= 15 is 0 Å². The van der Waals surface area contributed by atoms with Crippen molar-refractivity contribution in [1.82, 2.24) is 19.7 Å². The van der Waals surface area contributed by atoms with Crippen molar-refractivity contribution >= 4 is 22.6 Å².